The van der Waals surface area contributed by atoms with Crippen LogP contribution < -0.4 is 0 Å². The highest BCUT2D eigenvalue weighted by atomic mass is 16.8. The summed E-state index contributed by atoms with van der Waals surface area (Å²) in [6.45, 7) is 5.01. The first-order valence-electron chi connectivity index (χ1n) is 8.63. The number of hydrogen-bond donors (Lipinski definition) is 1. The second kappa shape index (κ2) is 9.19. The van der Waals surface area contributed by atoms with Gasteiger partial charge in [-0.05, 0) is 32.3 Å². The Kier molecular flexibility index (Phi) is 7.26. The Labute approximate surface area is 145 Å². The molecule has 2 rings (SSSR count). The highest BCUT2D eigenvalue weighted by Crippen LogP contribution is 2.30. The minimum absolute atomic E-state index is 0.445. The summed E-state index contributed by atoms with van der Waals surface area (Å²) >= 11 is 0. The van der Waals surface area contributed by atoms with E-state index in [-0.39, 0.29) is 0 Å². The van der Waals surface area contributed by atoms with Gasteiger partial charge in [-0.25, -0.2) is 0 Å². The lowest BCUT2D eigenvalue weighted by atomic mass is 10.0. The zero-order valence-electron chi connectivity index (χ0n) is 14.6. The number of unbranched alkanes of at least 4 members (excludes halogenated alkanes) is 2. The summed E-state index contributed by atoms with van der Waals surface area (Å²) in [6.07, 6.45) is 7.48. The zero-order chi connectivity index (χ0) is 17.4. The molecule has 0 spiro atoms. The molecule has 1 aliphatic heterocycles. The van der Waals surface area contributed by atoms with Crippen LogP contribution in [0.3, 0.4) is 0 Å². The third-order valence-corrected chi connectivity index (χ3v) is 4.07. The Morgan fingerprint density at radius 2 is 1.96 bits per heavy atom. The molecular formula is C20H28O4. The molecule has 1 N–H and O–H groups in total. The van der Waals surface area contributed by atoms with E-state index in [0.29, 0.717) is 13.0 Å². The average molecular weight is 332 g/mol. The maximum absolute atomic E-state index is 10.3. The summed E-state index contributed by atoms with van der Waals surface area (Å²) in [5.41, 5.74) is 1.19. The molecule has 0 aliphatic carbocycles. The Balaban J connectivity index is 1.56. The van der Waals surface area contributed by atoms with E-state index >= 15 is 0 Å². The molecule has 1 fully saturated rings. The number of hydrogen-bond acceptors (Lipinski definition) is 4. The third-order valence-electron chi connectivity index (χ3n) is 4.07. The van der Waals surface area contributed by atoms with Crippen LogP contribution in [0.4, 0.5) is 0 Å². The molecule has 132 valence electrons. The van der Waals surface area contributed by atoms with Gasteiger partial charge in [0.05, 0.1) is 12.7 Å². The van der Waals surface area contributed by atoms with Crippen molar-refractivity contribution in [2.24, 2.45) is 0 Å². The number of aliphatic hydroxyl groups is 1. The molecule has 1 aromatic rings. The lowest BCUT2D eigenvalue weighted by molar-refractivity contribution is -0.153. The van der Waals surface area contributed by atoms with E-state index in [1.54, 1.807) is 0 Å². The van der Waals surface area contributed by atoms with Crippen LogP contribution in [0.15, 0.2) is 30.3 Å². The van der Waals surface area contributed by atoms with Gasteiger partial charge in [0.25, 0.3) is 0 Å². The first kappa shape index (κ1) is 19.0. The van der Waals surface area contributed by atoms with Crippen LogP contribution in [0, 0.1) is 12.3 Å². The van der Waals surface area contributed by atoms with E-state index in [9.17, 15) is 5.11 Å². The van der Waals surface area contributed by atoms with Crippen LogP contribution in [0.1, 0.15) is 45.1 Å². The Morgan fingerprint density at radius 1 is 1.21 bits per heavy atom. The standard InChI is InChI=1S/C20H28O4/c1-4-18-19(24-20(2,3)23-18)17(21)13-9-6-10-14-22-15-16-11-7-5-8-12-16/h1,5,7-8,11-12,17-19,21H,6,9-10,13-15H2,2-3H3/t17-,18-,19+/m1/s1. The molecule has 0 bridgehead atoms. The maximum Gasteiger partial charge on any atom is 0.165 e. The number of terminal acetylenes is 1. The number of aliphatic hydroxyl groups excluding tert-OH is 1. The van der Waals surface area contributed by atoms with Crippen molar-refractivity contribution in [1.82, 2.24) is 0 Å². The fourth-order valence-electron chi connectivity index (χ4n) is 2.86. The Hall–Kier alpha value is -1.38. The second-order valence-corrected chi connectivity index (χ2v) is 6.64. The Morgan fingerprint density at radius 3 is 2.67 bits per heavy atom. The summed E-state index contributed by atoms with van der Waals surface area (Å²) < 4.78 is 17.0. The molecular weight excluding hydrogens is 304 g/mol. The SMILES string of the molecule is C#C[C@H]1OC(C)(C)O[C@H]1[C@H](O)CCCCCOCc1ccccc1. The smallest absolute Gasteiger partial charge is 0.165 e. The maximum atomic E-state index is 10.3. The predicted molar refractivity (Wildman–Crippen MR) is 93.2 cm³/mol. The van der Waals surface area contributed by atoms with E-state index in [1.165, 1.54) is 5.56 Å². The zero-order valence-corrected chi connectivity index (χ0v) is 14.6. The van der Waals surface area contributed by atoms with Gasteiger partial charge < -0.3 is 19.3 Å². The van der Waals surface area contributed by atoms with E-state index in [2.05, 4.69) is 18.1 Å². The van der Waals surface area contributed by atoms with Crippen LogP contribution >= 0.6 is 0 Å². The Bertz CT molecular complexity index is 520. The van der Waals surface area contributed by atoms with Crippen molar-refractivity contribution in [2.45, 2.75) is 70.2 Å². The molecule has 0 radical (unpaired) electrons. The van der Waals surface area contributed by atoms with Gasteiger partial charge in [0.2, 0.25) is 0 Å². The molecule has 4 heteroatoms. The number of rotatable bonds is 9. The van der Waals surface area contributed by atoms with Gasteiger partial charge in [-0.15, -0.1) is 6.42 Å². The summed E-state index contributed by atoms with van der Waals surface area (Å²) in [7, 11) is 0. The molecule has 1 saturated heterocycles. The van der Waals surface area contributed by atoms with Gasteiger partial charge in [-0.3, -0.25) is 0 Å². The fraction of sp³-hybridized carbons (Fsp3) is 0.600. The van der Waals surface area contributed by atoms with Crippen molar-refractivity contribution < 1.29 is 19.3 Å². The molecule has 0 amide bonds. The van der Waals surface area contributed by atoms with Gasteiger partial charge >= 0.3 is 0 Å². The van der Waals surface area contributed by atoms with E-state index in [0.717, 1.165) is 25.9 Å². The molecule has 3 atom stereocenters. The topological polar surface area (TPSA) is 47.9 Å². The van der Waals surface area contributed by atoms with Crippen molar-refractivity contribution in [3.8, 4) is 12.3 Å². The van der Waals surface area contributed by atoms with Crippen LogP contribution in [-0.2, 0) is 20.8 Å². The van der Waals surface area contributed by atoms with Crippen LogP contribution in [-0.4, -0.2) is 35.8 Å². The van der Waals surface area contributed by atoms with Crippen LogP contribution in [0.5, 0.6) is 0 Å². The highest BCUT2D eigenvalue weighted by molar-refractivity contribution is 5.13. The molecule has 24 heavy (non-hydrogen) atoms. The summed E-state index contributed by atoms with van der Waals surface area (Å²) in [4.78, 5) is 0. The van der Waals surface area contributed by atoms with Gasteiger partial charge in [-0.2, -0.15) is 0 Å². The quantitative estimate of drug-likeness (QED) is 0.557. The van der Waals surface area contributed by atoms with Gasteiger partial charge in [0, 0.05) is 6.61 Å². The molecule has 1 aromatic carbocycles. The van der Waals surface area contributed by atoms with Crippen molar-refractivity contribution in [1.29, 1.82) is 0 Å². The normalized spacial score (nSPS) is 23.8. The van der Waals surface area contributed by atoms with E-state index < -0.39 is 24.1 Å². The molecule has 4 nitrogen and oxygen atoms in total. The number of ether oxygens (including phenoxy) is 3. The number of benzene rings is 1. The van der Waals surface area contributed by atoms with Crippen molar-refractivity contribution in [3.05, 3.63) is 35.9 Å². The summed E-state index contributed by atoms with van der Waals surface area (Å²) in [6, 6.07) is 10.1. The molecule has 0 aromatic heterocycles. The van der Waals surface area contributed by atoms with Gasteiger partial charge in [0.1, 0.15) is 12.2 Å². The second-order valence-electron chi connectivity index (χ2n) is 6.64. The van der Waals surface area contributed by atoms with E-state index in [4.69, 9.17) is 20.6 Å². The lowest BCUT2D eigenvalue weighted by Crippen LogP contribution is -2.34. The molecule has 1 heterocycles. The van der Waals surface area contributed by atoms with Gasteiger partial charge in [-0.1, -0.05) is 49.1 Å². The van der Waals surface area contributed by atoms with Crippen molar-refractivity contribution in [2.75, 3.05) is 6.61 Å². The van der Waals surface area contributed by atoms with E-state index in [1.807, 2.05) is 32.0 Å². The van der Waals surface area contributed by atoms with Crippen LogP contribution in [0.2, 0.25) is 0 Å². The summed E-state index contributed by atoms with van der Waals surface area (Å²) in [5.74, 6) is 1.83. The fourth-order valence-corrected chi connectivity index (χ4v) is 2.86. The molecule has 0 unspecified atom stereocenters. The molecule has 0 saturated carbocycles. The summed E-state index contributed by atoms with van der Waals surface area (Å²) in [5, 5.41) is 10.3. The lowest BCUT2D eigenvalue weighted by Gasteiger charge is -2.20. The highest BCUT2D eigenvalue weighted by Gasteiger charge is 2.43. The first-order valence-corrected chi connectivity index (χ1v) is 8.63. The largest absolute Gasteiger partial charge is 0.390 e. The van der Waals surface area contributed by atoms with Crippen molar-refractivity contribution >= 4 is 0 Å². The minimum atomic E-state index is -0.728. The van der Waals surface area contributed by atoms with Crippen LogP contribution in [0.25, 0.3) is 0 Å². The average Bonchev–Trinajstić information content (AvgIpc) is 2.90. The minimum Gasteiger partial charge on any atom is -0.390 e. The first-order chi connectivity index (χ1) is 11.5. The third kappa shape index (κ3) is 5.92. The monoisotopic (exact) mass is 332 g/mol. The predicted octanol–water partition coefficient (Wildman–Crippen LogP) is 3.28. The molecule has 1 aliphatic rings. The van der Waals surface area contributed by atoms with Crippen molar-refractivity contribution in [3.63, 3.8) is 0 Å². The van der Waals surface area contributed by atoms with Gasteiger partial charge in [0.15, 0.2) is 5.79 Å².